The third-order valence-corrected chi connectivity index (χ3v) is 7.27. The van der Waals surface area contributed by atoms with Gasteiger partial charge in [-0.2, -0.15) is 9.98 Å². The molecule has 1 aromatic rings. The number of aromatic hydroxyl groups is 1. The van der Waals surface area contributed by atoms with E-state index < -0.39 is 0 Å². The van der Waals surface area contributed by atoms with Crippen molar-refractivity contribution in [2.45, 2.75) is 37.6 Å². The molecule has 0 bridgehead atoms. The van der Waals surface area contributed by atoms with Gasteiger partial charge in [0.2, 0.25) is 0 Å². The van der Waals surface area contributed by atoms with Crippen LogP contribution in [-0.4, -0.2) is 74.3 Å². The van der Waals surface area contributed by atoms with Crippen LogP contribution in [0, 0.1) is 0 Å². The van der Waals surface area contributed by atoms with E-state index in [0.717, 1.165) is 51.3 Å². The van der Waals surface area contributed by atoms with Gasteiger partial charge in [-0.1, -0.05) is 19.3 Å². The van der Waals surface area contributed by atoms with Gasteiger partial charge in [-0.3, -0.25) is 4.57 Å². The fourth-order valence-electron chi connectivity index (χ4n) is 5.38. The lowest BCUT2D eigenvalue weighted by atomic mass is 9.82. The number of nitrogens with one attached hydrogen (secondary N) is 1. The maximum Gasteiger partial charge on any atom is 0.253 e. The molecule has 33 heavy (non-hydrogen) atoms. The fourth-order valence-corrected chi connectivity index (χ4v) is 5.38. The molecule has 1 saturated carbocycles. The van der Waals surface area contributed by atoms with Gasteiger partial charge in [0.15, 0.2) is 17.5 Å². The smallest absolute Gasteiger partial charge is 0.253 e. The van der Waals surface area contributed by atoms with Gasteiger partial charge in [-0.25, -0.2) is 15.0 Å². The Kier molecular flexibility index (Phi) is 4.90. The Balaban J connectivity index is 1.36. The summed E-state index contributed by atoms with van der Waals surface area (Å²) in [5, 5.41) is 13.9. The predicted molar refractivity (Wildman–Crippen MR) is 125 cm³/mol. The number of piperazine rings is 1. The molecule has 2 N–H and O–H groups in total. The monoisotopic (exact) mass is 447 g/mol. The molecule has 0 aromatic carbocycles. The van der Waals surface area contributed by atoms with E-state index in [4.69, 9.17) is 4.98 Å². The van der Waals surface area contributed by atoms with Crippen molar-refractivity contribution >= 4 is 17.3 Å². The maximum atomic E-state index is 10.5. The number of nitrogens with zero attached hydrogens (tertiary/aromatic N) is 8. The number of hydrogen-bond donors (Lipinski definition) is 2. The number of likely N-dealkylation sites (N-methyl/N-ethyl adjacent to an activating group) is 1. The van der Waals surface area contributed by atoms with Gasteiger partial charge >= 0.3 is 0 Å². The Morgan fingerprint density at radius 1 is 1.00 bits per heavy atom. The van der Waals surface area contributed by atoms with Crippen LogP contribution in [0.25, 0.3) is 11.5 Å². The van der Waals surface area contributed by atoms with Crippen LogP contribution in [0.4, 0.5) is 17.3 Å². The van der Waals surface area contributed by atoms with Crippen molar-refractivity contribution in [3.05, 3.63) is 30.1 Å². The van der Waals surface area contributed by atoms with Gasteiger partial charge in [0, 0.05) is 32.7 Å². The first-order chi connectivity index (χ1) is 16.1. The molecule has 1 spiro atoms. The molecule has 172 valence electrons. The first-order valence-corrected chi connectivity index (χ1v) is 11.8. The molecule has 10 nitrogen and oxygen atoms in total. The first kappa shape index (κ1) is 20.3. The predicted octanol–water partition coefficient (Wildman–Crippen LogP) is 1.95. The highest BCUT2D eigenvalue weighted by molar-refractivity contribution is 5.63. The minimum Gasteiger partial charge on any atom is -0.491 e. The molecular weight excluding hydrogens is 418 g/mol. The van der Waals surface area contributed by atoms with E-state index >= 15 is 0 Å². The second-order valence-corrected chi connectivity index (χ2v) is 9.41. The zero-order chi connectivity index (χ0) is 22.4. The van der Waals surface area contributed by atoms with Crippen LogP contribution >= 0.6 is 0 Å². The topological polar surface area (TPSA) is 108 Å². The van der Waals surface area contributed by atoms with Gasteiger partial charge in [0.25, 0.3) is 11.5 Å². The maximum absolute atomic E-state index is 10.5. The van der Waals surface area contributed by atoms with E-state index in [2.05, 4.69) is 52.7 Å². The first-order valence-electron chi connectivity index (χ1n) is 11.8. The van der Waals surface area contributed by atoms with Crippen LogP contribution in [0.1, 0.15) is 32.1 Å². The van der Waals surface area contributed by atoms with Crippen LogP contribution in [0.3, 0.4) is 0 Å². The molecule has 0 atom stereocenters. The average molecular weight is 448 g/mol. The Morgan fingerprint density at radius 3 is 2.58 bits per heavy atom. The number of fused-ring (bicyclic) bond motifs is 4. The van der Waals surface area contributed by atoms with Crippen LogP contribution in [0.2, 0.25) is 0 Å². The molecule has 1 saturated heterocycles. The summed E-state index contributed by atoms with van der Waals surface area (Å²) >= 11 is 0. The molecule has 1 aromatic heterocycles. The van der Waals surface area contributed by atoms with E-state index in [9.17, 15) is 5.11 Å². The standard InChI is InChI=1S/C23H29N9O/c1-30-9-11-31(12-10-30)16-5-6-18(24-13-16)28-22-25-14-17-19(29-22)32-20(21(33)27-17)26-15-23(32)7-3-2-4-8-23/h5-6,13-14,26,33H,2-4,7-12,15H2,1H3. The average Bonchev–Trinajstić information content (AvgIpc) is 3.20. The minimum absolute atomic E-state index is 0.000556. The van der Waals surface area contributed by atoms with Crippen molar-refractivity contribution in [2.75, 3.05) is 50.0 Å². The molecule has 10 heteroatoms. The molecule has 2 fully saturated rings. The van der Waals surface area contributed by atoms with Crippen molar-refractivity contribution in [1.29, 1.82) is 0 Å². The Morgan fingerprint density at radius 2 is 1.82 bits per heavy atom. The third kappa shape index (κ3) is 3.58. The zero-order valence-electron chi connectivity index (χ0n) is 18.9. The van der Waals surface area contributed by atoms with Gasteiger partial charge in [-0.15, -0.1) is 0 Å². The van der Waals surface area contributed by atoms with Crippen molar-refractivity contribution in [2.24, 2.45) is 4.99 Å². The van der Waals surface area contributed by atoms with Crippen molar-refractivity contribution < 1.29 is 5.11 Å². The lowest BCUT2D eigenvalue weighted by Gasteiger charge is -2.36. The van der Waals surface area contributed by atoms with Gasteiger partial charge in [-0.05, 0) is 32.0 Å². The summed E-state index contributed by atoms with van der Waals surface area (Å²) < 4.78 is 2.15. The molecule has 5 heterocycles. The summed E-state index contributed by atoms with van der Waals surface area (Å²) in [6.45, 7) is 4.89. The van der Waals surface area contributed by atoms with Crippen LogP contribution in [0.15, 0.2) is 29.5 Å². The number of anilines is 2. The van der Waals surface area contributed by atoms with E-state index in [1.807, 2.05) is 12.3 Å². The normalized spacial score (nSPS) is 20.9. The molecule has 6 rings (SSSR count). The Bertz CT molecular complexity index is 1190. The molecular formula is C23H29N9O. The molecule has 5 aliphatic rings. The summed E-state index contributed by atoms with van der Waals surface area (Å²) in [7, 11) is 2.15. The van der Waals surface area contributed by atoms with Crippen molar-refractivity contribution in [3.63, 3.8) is 0 Å². The Hall–Kier alpha value is -3.27. The van der Waals surface area contributed by atoms with Crippen molar-refractivity contribution in [1.82, 2.24) is 29.4 Å². The lowest BCUT2D eigenvalue weighted by Crippen LogP contribution is -2.44. The van der Waals surface area contributed by atoms with E-state index in [1.165, 1.54) is 19.3 Å². The molecule has 1 aliphatic carbocycles. The third-order valence-electron chi connectivity index (χ3n) is 7.27. The Labute approximate surface area is 192 Å². The minimum atomic E-state index is -0.0830. The van der Waals surface area contributed by atoms with Crippen LogP contribution in [0.5, 0.6) is 5.88 Å². The SMILES string of the molecule is CN1CCN(c2ccc(N=c3ncc4nc(O)c5n(c-4n3)C3(CCCCC3)CN5)nc2)CC1. The second-order valence-electron chi connectivity index (χ2n) is 9.41. The number of hydrogen-bond acceptors (Lipinski definition) is 9. The highest BCUT2D eigenvalue weighted by Crippen LogP contribution is 2.46. The summed E-state index contributed by atoms with van der Waals surface area (Å²) in [4.78, 5) is 27.3. The highest BCUT2D eigenvalue weighted by atomic mass is 16.3. The largest absolute Gasteiger partial charge is 0.491 e. The van der Waals surface area contributed by atoms with Crippen LogP contribution < -0.4 is 15.8 Å². The molecule has 0 radical (unpaired) electrons. The molecule has 4 aliphatic heterocycles. The lowest BCUT2D eigenvalue weighted by molar-refractivity contribution is 0.227. The number of pyridine rings is 1. The summed E-state index contributed by atoms with van der Waals surface area (Å²) in [5.41, 5.74) is 1.95. The van der Waals surface area contributed by atoms with E-state index in [0.29, 0.717) is 28.8 Å². The second kappa shape index (κ2) is 7.95. The number of rotatable bonds is 2. The quantitative estimate of drug-likeness (QED) is 0.614. The zero-order valence-corrected chi connectivity index (χ0v) is 18.9. The number of aromatic nitrogens is 5. The summed E-state index contributed by atoms with van der Waals surface area (Å²) in [5.74, 6) is 1.92. The van der Waals surface area contributed by atoms with Gasteiger partial charge in [0.05, 0.1) is 23.6 Å². The van der Waals surface area contributed by atoms with E-state index in [-0.39, 0.29) is 11.4 Å². The fraction of sp³-hybridized carbons (Fsp3) is 0.522. The molecule has 0 unspecified atom stereocenters. The molecule has 0 amide bonds. The summed E-state index contributed by atoms with van der Waals surface area (Å²) in [6, 6.07) is 3.98. The van der Waals surface area contributed by atoms with E-state index in [1.54, 1.807) is 6.20 Å². The summed E-state index contributed by atoms with van der Waals surface area (Å²) in [6.07, 6.45) is 9.22. The van der Waals surface area contributed by atoms with Gasteiger partial charge < -0.3 is 20.2 Å². The van der Waals surface area contributed by atoms with Crippen molar-refractivity contribution in [3.8, 4) is 17.4 Å². The van der Waals surface area contributed by atoms with Crippen LogP contribution in [-0.2, 0) is 5.54 Å². The highest BCUT2D eigenvalue weighted by Gasteiger charge is 2.43. The van der Waals surface area contributed by atoms with Gasteiger partial charge in [0.1, 0.15) is 5.69 Å².